The Morgan fingerprint density at radius 1 is 1.12 bits per heavy atom. The zero-order valence-corrected chi connectivity index (χ0v) is 17.5. The summed E-state index contributed by atoms with van der Waals surface area (Å²) in [7, 11) is 1.93. The molecule has 0 N–H and O–H groups in total. The van der Waals surface area contributed by atoms with Crippen molar-refractivity contribution in [2.45, 2.75) is 31.9 Å². The number of hydrogen-bond acceptors (Lipinski definition) is 5. The van der Waals surface area contributed by atoms with E-state index in [2.05, 4.69) is 20.1 Å². The number of fused-ring (bicyclic) bond motifs is 2. The van der Waals surface area contributed by atoms with E-state index in [1.807, 2.05) is 24.6 Å². The van der Waals surface area contributed by atoms with Crippen LogP contribution in [0, 0.1) is 6.92 Å². The summed E-state index contributed by atoms with van der Waals surface area (Å²) < 4.78 is 42.2. The maximum atomic E-state index is 13.0. The smallest absolute Gasteiger partial charge is 0.339 e. The molecule has 4 heterocycles. The topological polar surface area (TPSA) is 81.2 Å². The lowest BCUT2D eigenvalue weighted by molar-refractivity contribution is -0.144. The summed E-state index contributed by atoms with van der Waals surface area (Å²) in [5, 5.41) is 3.63. The van der Waals surface area contributed by atoms with Gasteiger partial charge in [-0.05, 0) is 44.0 Å². The molecule has 166 valence electrons. The quantitative estimate of drug-likeness (QED) is 0.475. The van der Waals surface area contributed by atoms with Gasteiger partial charge in [-0.2, -0.15) is 18.2 Å². The molecule has 1 saturated heterocycles. The number of likely N-dealkylation sites (tertiary alicyclic amines) is 1. The summed E-state index contributed by atoms with van der Waals surface area (Å²) in [6, 6.07) is 7.17. The van der Waals surface area contributed by atoms with Crippen LogP contribution < -0.4 is 0 Å². The number of amides is 1. The number of nitrogens with zero attached hydrogens (tertiary/aromatic N) is 7. The highest BCUT2D eigenvalue weighted by Crippen LogP contribution is 2.31. The third-order valence-corrected chi connectivity index (χ3v) is 6.08. The van der Waals surface area contributed by atoms with Crippen molar-refractivity contribution in [3.8, 4) is 0 Å². The Bertz CT molecular complexity index is 1330. The summed E-state index contributed by atoms with van der Waals surface area (Å²) in [5.41, 5.74) is 2.93. The molecule has 8 nitrogen and oxygen atoms in total. The number of benzene rings is 1. The fourth-order valence-corrected chi connectivity index (χ4v) is 4.25. The Morgan fingerprint density at radius 2 is 1.88 bits per heavy atom. The number of aryl methyl sites for hydroxylation is 2. The number of imidazole rings is 1. The predicted octanol–water partition coefficient (Wildman–Crippen LogP) is 3.36. The molecule has 32 heavy (non-hydrogen) atoms. The first-order chi connectivity index (χ1) is 15.2. The maximum absolute atomic E-state index is 13.0. The minimum atomic E-state index is -4.63. The molecule has 1 aromatic carbocycles. The Hall–Kier alpha value is -3.50. The molecule has 0 atom stereocenters. The van der Waals surface area contributed by atoms with Crippen LogP contribution in [0.2, 0.25) is 0 Å². The molecule has 0 aliphatic carbocycles. The molecule has 11 heteroatoms. The molecule has 0 saturated carbocycles. The van der Waals surface area contributed by atoms with Crippen molar-refractivity contribution in [2.75, 3.05) is 13.1 Å². The third-order valence-electron chi connectivity index (χ3n) is 6.08. The second kappa shape index (κ2) is 7.28. The molecule has 1 amide bonds. The first-order valence-corrected chi connectivity index (χ1v) is 10.2. The molecule has 1 fully saturated rings. The SMILES string of the molecule is Cc1nc2cc(C(=O)N3CCC(c4ccnc5nc(C(F)(F)F)nn45)CC3)ccc2n1C. The van der Waals surface area contributed by atoms with Crippen LogP contribution in [-0.2, 0) is 13.2 Å². The second-order valence-electron chi connectivity index (χ2n) is 8.00. The van der Waals surface area contributed by atoms with Crippen molar-refractivity contribution in [2.24, 2.45) is 7.05 Å². The van der Waals surface area contributed by atoms with Crippen molar-refractivity contribution in [1.82, 2.24) is 34.0 Å². The summed E-state index contributed by atoms with van der Waals surface area (Å²) in [6.45, 7) is 2.90. The van der Waals surface area contributed by atoms with Crippen molar-refractivity contribution >= 4 is 22.7 Å². The van der Waals surface area contributed by atoms with Crippen LogP contribution >= 0.6 is 0 Å². The summed E-state index contributed by atoms with van der Waals surface area (Å²) in [5.74, 6) is -0.532. The number of halogens is 3. The molecule has 3 aromatic heterocycles. The van der Waals surface area contributed by atoms with E-state index in [4.69, 9.17) is 0 Å². The van der Waals surface area contributed by atoms with E-state index < -0.39 is 12.0 Å². The molecular formula is C21H20F3N7O. The minimum absolute atomic E-state index is 0.0479. The van der Waals surface area contributed by atoms with Crippen LogP contribution in [-0.4, -0.2) is 53.0 Å². The number of piperidine rings is 1. The molecule has 5 rings (SSSR count). The van der Waals surface area contributed by atoms with Gasteiger partial charge in [0.25, 0.3) is 17.5 Å². The molecule has 1 aliphatic rings. The second-order valence-corrected chi connectivity index (χ2v) is 8.00. The van der Waals surface area contributed by atoms with Gasteiger partial charge in [-0.15, -0.1) is 5.10 Å². The fraction of sp³-hybridized carbons (Fsp3) is 0.381. The van der Waals surface area contributed by atoms with Gasteiger partial charge in [0.1, 0.15) is 5.82 Å². The molecule has 0 bridgehead atoms. The minimum Gasteiger partial charge on any atom is -0.339 e. The van der Waals surface area contributed by atoms with E-state index in [0.29, 0.717) is 37.2 Å². The van der Waals surface area contributed by atoms with Gasteiger partial charge in [0.15, 0.2) is 0 Å². The van der Waals surface area contributed by atoms with Crippen LogP contribution in [0.3, 0.4) is 0 Å². The highest BCUT2D eigenvalue weighted by atomic mass is 19.4. The van der Waals surface area contributed by atoms with Gasteiger partial charge in [0.2, 0.25) is 0 Å². The van der Waals surface area contributed by atoms with Gasteiger partial charge >= 0.3 is 6.18 Å². The highest BCUT2D eigenvalue weighted by molar-refractivity contribution is 5.97. The first kappa shape index (κ1) is 20.4. The van der Waals surface area contributed by atoms with Crippen LogP contribution in [0.5, 0.6) is 0 Å². The van der Waals surface area contributed by atoms with Crippen molar-refractivity contribution in [1.29, 1.82) is 0 Å². The molecule has 0 spiro atoms. The van der Waals surface area contributed by atoms with E-state index in [0.717, 1.165) is 16.9 Å². The lowest BCUT2D eigenvalue weighted by atomic mass is 9.93. The monoisotopic (exact) mass is 443 g/mol. The normalized spacial score (nSPS) is 15.7. The fourth-order valence-electron chi connectivity index (χ4n) is 4.25. The number of hydrogen-bond donors (Lipinski definition) is 0. The largest absolute Gasteiger partial charge is 0.453 e. The molecule has 0 radical (unpaired) electrons. The molecular weight excluding hydrogens is 423 g/mol. The maximum Gasteiger partial charge on any atom is 0.453 e. The molecule has 1 aliphatic heterocycles. The Labute approximate surface area is 180 Å². The Balaban J connectivity index is 1.34. The third kappa shape index (κ3) is 3.37. The molecule has 0 unspecified atom stereocenters. The van der Waals surface area contributed by atoms with E-state index in [9.17, 15) is 18.0 Å². The summed E-state index contributed by atoms with van der Waals surface area (Å²) >= 11 is 0. The van der Waals surface area contributed by atoms with Crippen LogP contribution in [0.1, 0.15) is 46.5 Å². The van der Waals surface area contributed by atoms with E-state index in [-0.39, 0.29) is 17.6 Å². The zero-order chi connectivity index (χ0) is 22.6. The number of carbonyl (C=O) groups excluding carboxylic acids is 1. The number of alkyl halides is 3. The number of aromatic nitrogens is 6. The van der Waals surface area contributed by atoms with Crippen molar-refractivity contribution in [3.05, 3.63) is 53.4 Å². The van der Waals surface area contributed by atoms with Gasteiger partial charge in [0.05, 0.1) is 16.7 Å². The highest BCUT2D eigenvalue weighted by Gasteiger charge is 2.37. The van der Waals surface area contributed by atoms with Crippen LogP contribution in [0.4, 0.5) is 13.2 Å². The van der Waals surface area contributed by atoms with E-state index in [1.54, 1.807) is 23.1 Å². The Morgan fingerprint density at radius 3 is 2.59 bits per heavy atom. The molecule has 4 aromatic rings. The van der Waals surface area contributed by atoms with Gasteiger partial charge in [-0.3, -0.25) is 4.79 Å². The summed E-state index contributed by atoms with van der Waals surface area (Å²) in [6.07, 6.45) is -1.97. The van der Waals surface area contributed by atoms with E-state index in [1.165, 1.54) is 10.7 Å². The average Bonchev–Trinajstić information content (AvgIpc) is 3.34. The standard InChI is InChI=1S/C21H20F3N7O/c1-12-26-15-11-14(3-4-17(15)29(12)2)18(32)30-9-6-13(7-10-30)16-5-8-25-20-27-19(21(22,23)24)28-31(16)20/h3-5,8,11,13H,6-7,9-10H2,1-2H3. The Kier molecular flexibility index (Phi) is 4.64. The lowest BCUT2D eigenvalue weighted by Gasteiger charge is -2.32. The van der Waals surface area contributed by atoms with E-state index >= 15 is 0 Å². The van der Waals surface area contributed by atoms with Gasteiger partial charge in [0, 0.05) is 37.8 Å². The van der Waals surface area contributed by atoms with Gasteiger partial charge in [-0.25, -0.2) is 14.5 Å². The number of rotatable bonds is 2. The van der Waals surface area contributed by atoms with Crippen molar-refractivity contribution in [3.63, 3.8) is 0 Å². The number of carbonyl (C=O) groups is 1. The van der Waals surface area contributed by atoms with Crippen LogP contribution in [0.15, 0.2) is 30.5 Å². The predicted molar refractivity (Wildman–Crippen MR) is 109 cm³/mol. The first-order valence-electron chi connectivity index (χ1n) is 10.2. The van der Waals surface area contributed by atoms with Gasteiger partial charge < -0.3 is 9.47 Å². The zero-order valence-electron chi connectivity index (χ0n) is 17.5. The van der Waals surface area contributed by atoms with Crippen LogP contribution in [0.25, 0.3) is 16.8 Å². The summed E-state index contributed by atoms with van der Waals surface area (Å²) in [4.78, 5) is 26.7. The lowest BCUT2D eigenvalue weighted by Crippen LogP contribution is -2.38. The van der Waals surface area contributed by atoms with Gasteiger partial charge in [-0.1, -0.05) is 0 Å². The average molecular weight is 443 g/mol. The van der Waals surface area contributed by atoms with Crippen molar-refractivity contribution < 1.29 is 18.0 Å².